The molecule has 0 aromatic heterocycles. The van der Waals surface area contributed by atoms with E-state index in [0.717, 1.165) is 5.56 Å². The molecule has 3 N–H and O–H groups in total. The first kappa shape index (κ1) is 22.4. The molecule has 28 heavy (non-hydrogen) atoms. The zero-order valence-corrected chi connectivity index (χ0v) is 17.2. The molecule has 8 heteroatoms. The molecule has 1 fully saturated rings. The lowest BCUT2D eigenvalue weighted by Gasteiger charge is -2.31. The number of halogens is 1. The van der Waals surface area contributed by atoms with Crippen LogP contribution < -0.4 is 11.1 Å². The SMILES string of the molecule is Cl.NCCNC(=O)C1CCCN(S(=O)(=O)c2ccccc2-c2ccccc2)C1. The van der Waals surface area contributed by atoms with Crippen LogP contribution in [-0.2, 0) is 14.8 Å². The Hall–Kier alpha value is -1.93. The van der Waals surface area contributed by atoms with E-state index < -0.39 is 10.0 Å². The van der Waals surface area contributed by atoms with Crippen molar-refractivity contribution in [3.63, 3.8) is 0 Å². The van der Waals surface area contributed by atoms with Gasteiger partial charge in [0.25, 0.3) is 0 Å². The predicted molar refractivity (Wildman–Crippen MR) is 113 cm³/mol. The highest BCUT2D eigenvalue weighted by molar-refractivity contribution is 7.89. The maximum absolute atomic E-state index is 13.3. The number of rotatable bonds is 6. The quantitative estimate of drug-likeness (QED) is 0.745. The number of nitrogens with two attached hydrogens (primary N) is 1. The first-order valence-electron chi connectivity index (χ1n) is 9.16. The van der Waals surface area contributed by atoms with Crippen LogP contribution in [0.5, 0.6) is 0 Å². The van der Waals surface area contributed by atoms with Gasteiger partial charge in [0.2, 0.25) is 15.9 Å². The fourth-order valence-corrected chi connectivity index (χ4v) is 5.14. The fraction of sp³-hybridized carbons (Fsp3) is 0.350. The van der Waals surface area contributed by atoms with Gasteiger partial charge in [-0.3, -0.25) is 4.79 Å². The van der Waals surface area contributed by atoms with Gasteiger partial charge in [-0.2, -0.15) is 4.31 Å². The summed E-state index contributed by atoms with van der Waals surface area (Å²) in [6.07, 6.45) is 1.34. The van der Waals surface area contributed by atoms with Crippen LogP contribution in [0, 0.1) is 5.92 Å². The first-order valence-corrected chi connectivity index (χ1v) is 10.6. The lowest BCUT2D eigenvalue weighted by molar-refractivity contribution is -0.126. The van der Waals surface area contributed by atoms with Gasteiger partial charge in [0.15, 0.2) is 0 Å². The monoisotopic (exact) mass is 423 g/mol. The van der Waals surface area contributed by atoms with E-state index in [1.807, 2.05) is 42.5 Å². The van der Waals surface area contributed by atoms with Gasteiger partial charge in [-0.15, -0.1) is 12.4 Å². The molecule has 1 amide bonds. The zero-order valence-electron chi connectivity index (χ0n) is 15.6. The van der Waals surface area contributed by atoms with Crippen molar-refractivity contribution < 1.29 is 13.2 Å². The Morgan fingerprint density at radius 3 is 2.50 bits per heavy atom. The number of hydrogen-bond donors (Lipinski definition) is 2. The van der Waals surface area contributed by atoms with Crippen molar-refractivity contribution in [2.45, 2.75) is 17.7 Å². The van der Waals surface area contributed by atoms with E-state index >= 15 is 0 Å². The number of nitrogens with zero attached hydrogens (tertiary/aromatic N) is 1. The van der Waals surface area contributed by atoms with Crippen LogP contribution in [-0.4, -0.2) is 44.8 Å². The molecular formula is C20H26ClN3O3S. The summed E-state index contributed by atoms with van der Waals surface area (Å²) in [5, 5.41) is 2.77. The average Bonchev–Trinajstić information content (AvgIpc) is 2.72. The molecule has 1 unspecified atom stereocenters. The molecule has 0 bridgehead atoms. The topological polar surface area (TPSA) is 92.5 Å². The first-order chi connectivity index (χ1) is 13.0. The summed E-state index contributed by atoms with van der Waals surface area (Å²) in [7, 11) is -3.70. The molecule has 0 spiro atoms. The Balaban J connectivity index is 0.00000280. The summed E-state index contributed by atoms with van der Waals surface area (Å²) < 4.78 is 28.1. The normalized spacial score (nSPS) is 17.5. The zero-order chi connectivity index (χ0) is 19.3. The van der Waals surface area contributed by atoms with Gasteiger partial charge >= 0.3 is 0 Å². The molecule has 1 aliphatic rings. The highest BCUT2D eigenvalue weighted by Gasteiger charge is 2.34. The third kappa shape index (κ3) is 4.91. The Morgan fingerprint density at radius 1 is 1.11 bits per heavy atom. The van der Waals surface area contributed by atoms with Crippen LogP contribution in [0.3, 0.4) is 0 Å². The predicted octanol–water partition coefficient (Wildman–Crippen LogP) is 2.25. The Bertz CT molecular complexity index is 891. The number of nitrogens with one attached hydrogen (secondary N) is 1. The molecule has 2 aromatic carbocycles. The lowest BCUT2D eigenvalue weighted by atomic mass is 9.99. The van der Waals surface area contributed by atoms with Gasteiger partial charge in [0, 0.05) is 31.7 Å². The van der Waals surface area contributed by atoms with Gasteiger partial charge < -0.3 is 11.1 Å². The van der Waals surface area contributed by atoms with Gasteiger partial charge in [0.05, 0.1) is 10.8 Å². The summed E-state index contributed by atoms with van der Waals surface area (Å²) in [6, 6.07) is 16.5. The summed E-state index contributed by atoms with van der Waals surface area (Å²) >= 11 is 0. The highest BCUT2D eigenvalue weighted by atomic mass is 35.5. The standard InChI is InChI=1S/C20H25N3O3S.ClH/c21-12-13-22-20(24)17-9-6-14-23(15-17)27(25,26)19-11-5-4-10-18(19)16-7-2-1-3-8-16;/h1-5,7-8,10-11,17H,6,9,12-15,21H2,(H,22,24);1H. The van der Waals surface area contributed by atoms with Crippen molar-refractivity contribution in [2.75, 3.05) is 26.2 Å². The van der Waals surface area contributed by atoms with Crippen LogP contribution >= 0.6 is 12.4 Å². The van der Waals surface area contributed by atoms with E-state index in [1.54, 1.807) is 12.1 Å². The van der Waals surface area contributed by atoms with E-state index in [1.165, 1.54) is 4.31 Å². The Morgan fingerprint density at radius 2 is 1.79 bits per heavy atom. The largest absolute Gasteiger partial charge is 0.355 e. The van der Waals surface area contributed by atoms with Gasteiger partial charge in [0.1, 0.15) is 0 Å². The molecule has 0 saturated carbocycles. The van der Waals surface area contributed by atoms with Crippen molar-refractivity contribution >= 4 is 28.3 Å². The summed E-state index contributed by atoms with van der Waals surface area (Å²) in [5.41, 5.74) is 6.96. The molecule has 1 heterocycles. The van der Waals surface area contributed by atoms with E-state index in [9.17, 15) is 13.2 Å². The second-order valence-electron chi connectivity index (χ2n) is 6.64. The molecule has 0 aliphatic carbocycles. The van der Waals surface area contributed by atoms with Crippen molar-refractivity contribution in [2.24, 2.45) is 11.7 Å². The lowest BCUT2D eigenvalue weighted by Crippen LogP contribution is -2.46. The summed E-state index contributed by atoms with van der Waals surface area (Å²) in [5.74, 6) is -0.472. The van der Waals surface area contributed by atoms with Gasteiger partial charge in [-0.1, -0.05) is 48.5 Å². The van der Waals surface area contributed by atoms with E-state index in [-0.39, 0.29) is 35.7 Å². The Kier molecular flexibility index (Phi) is 8.00. The molecule has 0 radical (unpaired) electrons. The second-order valence-corrected chi connectivity index (χ2v) is 8.55. The van der Waals surface area contributed by atoms with Gasteiger partial charge in [-0.25, -0.2) is 8.42 Å². The van der Waals surface area contributed by atoms with Crippen LogP contribution in [0.2, 0.25) is 0 Å². The summed E-state index contributed by atoms with van der Waals surface area (Å²) in [6.45, 7) is 1.39. The third-order valence-corrected chi connectivity index (χ3v) is 6.71. The van der Waals surface area contributed by atoms with Crippen molar-refractivity contribution in [3.05, 3.63) is 54.6 Å². The molecule has 1 atom stereocenters. The minimum atomic E-state index is -3.70. The number of piperidine rings is 1. The second kappa shape index (κ2) is 10.0. The Labute approximate surface area is 172 Å². The fourth-order valence-electron chi connectivity index (χ4n) is 3.40. The number of carbonyl (C=O) groups is 1. The number of hydrogen-bond acceptors (Lipinski definition) is 4. The van der Waals surface area contributed by atoms with Crippen molar-refractivity contribution in [1.29, 1.82) is 0 Å². The van der Waals surface area contributed by atoms with Crippen LogP contribution in [0.1, 0.15) is 12.8 Å². The molecule has 152 valence electrons. The van der Waals surface area contributed by atoms with Crippen LogP contribution in [0.25, 0.3) is 11.1 Å². The number of amides is 1. The molecule has 1 saturated heterocycles. The molecule has 6 nitrogen and oxygen atoms in total. The minimum Gasteiger partial charge on any atom is -0.355 e. The maximum Gasteiger partial charge on any atom is 0.243 e. The third-order valence-electron chi connectivity index (χ3n) is 4.79. The van der Waals surface area contributed by atoms with Crippen molar-refractivity contribution in [1.82, 2.24) is 9.62 Å². The molecule has 2 aromatic rings. The summed E-state index contributed by atoms with van der Waals surface area (Å²) in [4.78, 5) is 12.5. The van der Waals surface area contributed by atoms with Crippen molar-refractivity contribution in [3.8, 4) is 11.1 Å². The molecule has 3 rings (SSSR count). The van der Waals surface area contributed by atoms with E-state index in [4.69, 9.17) is 5.73 Å². The molecule has 1 aliphatic heterocycles. The van der Waals surface area contributed by atoms with Crippen LogP contribution in [0.15, 0.2) is 59.5 Å². The highest BCUT2D eigenvalue weighted by Crippen LogP contribution is 2.31. The van der Waals surface area contributed by atoms with E-state index in [2.05, 4.69) is 5.32 Å². The smallest absolute Gasteiger partial charge is 0.243 e. The number of benzene rings is 2. The van der Waals surface area contributed by atoms with E-state index in [0.29, 0.717) is 38.0 Å². The molecular weight excluding hydrogens is 398 g/mol. The minimum absolute atomic E-state index is 0. The number of sulfonamides is 1. The van der Waals surface area contributed by atoms with Gasteiger partial charge in [-0.05, 0) is 24.5 Å². The van der Waals surface area contributed by atoms with Crippen LogP contribution in [0.4, 0.5) is 0 Å². The average molecular weight is 424 g/mol. The number of carbonyl (C=O) groups excluding carboxylic acids is 1. The maximum atomic E-state index is 13.3.